The molecular weight excluding hydrogens is 454 g/mol. The van der Waals surface area contributed by atoms with Crippen LogP contribution in [0.15, 0.2) is 46.9 Å². The maximum Gasteiger partial charge on any atom is 0.306 e. The number of amides is 3. The molecule has 0 radical (unpaired) electrons. The molecule has 0 spiro atoms. The molecule has 158 valence electrons. The van der Waals surface area contributed by atoms with Gasteiger partial charge in [-0.05, 0) is 49.2 Å². The summed E-state index contributed by atoms with van der Waals surface area (Å²) in [5.41, 5.74) is 7.39. The Morgan fingerprint density at radius 1 is 0.900 bits per heavy atom. The molecule has 2 rings (SSSR count). The zero-order valence-corrected chi connectivity index (χ0v) is 18.2. The summed E-state index contributed by atoms with van der Waals surface area (Å²) in [6.45, 7) is 3.35. The fourth-order valence-electron chi connectivity index (χ4n) is 2.50. The van der Waals surface area contributed by atoms with Crippen molar-refractivity contribution in [3.63, 3.8) is 0 Å². The monoisotopic (exact) mass is 475 g/mol. The van der Waals surface area contributed by atoms with Gasteiger partial charge in [0.15, 0.2) is 6.61 Å². The van der Waals surface area contributed by atoms with E-state index in [4.69, 9.17) is 4.74 Å². The van der Waals surface area contributed by atoms with Crippen molar-refractivity contribution in [2.45, 2.75) is 26.7 Å². The summed E-state index contributed by atoms with van der Waals surface area (Å²) in [6.07, 6.45) is -0.419. The SMILES string of the molecule is Cc1cc(NC(=O)COC(=O)CCC(=O)NNC(=O)c2ccccc2)cc(C)c1Br. The maximum absolute atomic E-state index is 11.9. The van der Waals surface area contributed by atoms with E-state index in [2.05, 4.69) is 32.1 Å². The zero-order valence-electron chi connectivity index (χ0n) is 16.6. The van der Waals surface area contributed by atoms with Gasteiger partial charge in [-0.25, -0.2) is 0 Å². The van der Waals surface area contributed by atoms with Gasteiger partial charge in [0, 0.05) is 22.1 Å². The molecule has 0 bridgehead atoms. The van der Waals surface area contributed by atoms with Crippen molar-refractivity contribution in [2.75, 3.05) is 11.9 Å². The minimum atomic E-state index is -0.696. The lowest BCUT2D eigenvalue weighted by molar-refractivity contribution is -0.148. The summed E-state index contributed by atoms with van der Waals surface area (Å²) in [6, 6.07) is 11.9. The Bertz CT molecular complexity index is 924. The van der Waals surface area contributed by atoms with Crippen molar-refractivity contribution in [1.29, 1.82) is 0 Å². The summed E-state index contributed by atoms with van der Waals surface area (Å²) in [5.74, 6) is -2.20. The van der Waals surface area contributed by atoms with E-state index in [-0.39, 0.29) is 12.8 Å². The largest absolute Gasteiger partial charge is 0.456 e. The highest BCUT2D eigenvalue weighted by molar-refractivity contribution is 9.10. The van der Waals surface area contributed by atoms with Crippen LogP contribution in [0.5, 0.6) is 0 Å². The Hall–Kier alpha value is -3.20. The van der Waals surface area contributed by atoms with Crippen LogP contribution >= 0.6 is 15.9 Å². The summed E-state index contributed by atoms with van der Waals surface area (Å²) in [4.78, 5) is 47.2. The Labute approximate surface area is 182 Å². The summed E-state index contributed by atoms with van der Waals surface area (Å²) in [7, 11) is 0. The molecular formula is C21H22BrN3O5. The lowest BCUT2D eigenvalue weighted by Gasteiger charge is -2.10. The Morgan fingerprint density at radius 3 is 2.17 bits per heavy atom. The summed E-state index contributed by atoms with van der Waals surface area (Å²) < 4.78 is 5.84. The number of ether oxygens (including phenoxy) is 1. The minimum absolute atomic E-state index is 0.194. The lowest BCUT2D eigenvalue weighted by atomic mass is 10.1. The number of hydrogen-bond donors (Lipinski definition) is 3. The minimum Gasteiger partial charge on any atom is -0.456 e. The average molecular weight is 476 g/mol. The number of esters is 1. The molecule has 8 nitrogen and oxygen atoms in total. The van der Waals surface area contributed by atoms with E-state index in [1.165, 1.54) is 0 Å². The van der Waals surface area contributed by atoms with Gasteiger partial charge >= 0.3 is 5.97 Å². The van der Waals surface area contributed by atoms with Crippen molar-refractivity contribution < 1.29 is 23.9 Å². The Balaban J connectivity index is 1.67. The Kier molecular flexibility index (Phi) is 8.54. The third kappa shape index (κ3) is 7.32. The van der Waals surface area contributed by atoms with E-state index in [9.17, 15) is 19.2 Å². The standard InChI is InChI=1S/C21H22BrN3O5/c1-13-10-16(11-14(2)20(13)22)23-18(27)12-30-19(28)9-8-17(26)24-25-21(29)15-6-4-3-5-7-15/h3-7,10-11H,8-9,12H2,1-2H3,(H,23,27)(H,24,26)(H,25,29). The second-order valence-electron chi connectivity index (χ2n) is 6.50. The van der Waals surface area contributed by atoms with Crippen LogP contribution in [0.2, 0.25) is 0 Å². The number of anilines is 1. The van der Waals surface area contributed by atoms with Crippen molar-refractivity contribution in [1.82, 2.24) is 10.9 Å². The van der Waals surface area contributed by atoms with Gasteiger partial charge in [-0.15, -0.1) is 0 Å². The lowest BCUT2D eigenvalue weighted by Crippen LogP contribution is -2.41. The number of hydrazine groups is 1. The molecule has 0 aliphatic rings. The van der Waals surface area contributed by atoms with Crippen LogP contribution in [0.3, 0.4) is 0 Å². The number of benzene rings is 2. The molecule has 0 heterocycles. The molecule has 9 heteroatoms. The van der Waals surface area contributed by atoms with Gasteiger partial charge in [0.25, 0.3) is 11.8 Å². The topological polar surface area (TPSA) is 114 Å². The number of aryl methyl sites for hydroxylation is 2. The molecule has 3 amide bonds. The quantitative estimate of drug-likeness (QED) is 0.420. The highest BCUT2D eigenvalue weighted by Gasteiger charge is 2.12. The molecule has 0 aliphatic heterocycles. The first kappa shape index (κ1) is 23.1. The molecule has 0 saturated carbocycles. The van der Waals surface area contributed by atoms with Crippen LogP contribution in [-0.2, 0) is 19.1 Å². The molecule has 0 aromatic heterocycles. The maximum atomic E-state index is 11.9. The predicted molar refractivity (Wildman–Crippen MR) is 114 cm³/mol. The normalized spacial score (nSPS) is 10.1. The van der Waals surface area contributed by atoms with Gasteiger partial charge < -0.3 is 10.1 Å². The van der Waals surface area contributed by atoms with Gasteiger partial charge in [0.1, 0.15) is 0 Å². The van der Waals surface area contributed by atoms with Crippen molar-refractivity contribution in [2.24, 2.45) is 0 Å². The average Bonchev–Trinajstić information content (AvgIpc) is 2.73. The molecule has 3 N–H and O–H groups in total. The molecule has 2 aromatic carbocycles. The Morgan fingerprint density at radius 2 is 1.53 bits per heavy atom. The van der Waals surface area contributed by atoms with Crippen LogP contribution in [0.1, 0.15) is 34.3 Å². The van der Waals surface area contributed by atoms with E-state index < -0.39 is 30.3 Å². The molecule has 0 unspecified atom stereocenters. The first-order valence-corrected chi connectivity index (χ1v) is 9.92. The van der Waals surface area contributed by atoms with E-state index in [1.807, 2.05) is 13.8 Å². The third-order valence-corrected chi connectivity index (χ3v) is 5.24. The van der Waals surface area contributed by atoms with Crippen molar-refractivity contribution in [3.05, 3.63) is 63.6 Å². The third-order valence-electron chi connectivity index (χ3n) is 3.99. The van der Waals surface area contributed by atoms with Crippen LogP contribution in [0.4, 0.5) is 5.69 Å². The molecule has 2 aromatic rings. The van der Waals surface area contributed by atoms with Crippen molar-refractivity contribution >= 4 is 45.3 Å². The predicted octanol–water partition coefficient (Wildman–Crippen LogP) is 2.79. The molecule has 0 saturated heterocycles. The molecule has 0 aliphatic carbocycles. The van der Waals surface area contributed by atoms with Gasteiger partial charge in [-0.3, -0.25) is 30.0 Å². The zero-order chi connectivity index (χ0) is 22.1. The van der Waals surface area contributed by atoms with Crippen LogP contribution < -0.4 is 16.2 Å². The number of halogens is 1. The summed E-state index contributed by atoms with van der Waals surface area (Å²) >= 11 is 3.45. The van der Waals surface area contributed by atoms with E-state index in [1.54, 1.807) is 42.5 Å². The van der Waals surface area contributed by atoms with Gasteiger partial charge in [0.05, 0.1) is 6.42 Å². The van der Waals surface area contributed by atoms with Crippen LogP contribution in [0, 0.1) is 13.8 Å². The number of nitrogens with one attached hydrogen (secondary N) is 3. The number of carbonyl (C=O) groups excluding carboxylic acids is 4. The number of hydrogen-bond acceptors (Lipinski definition) is 5. The molecule has 30 heavy (non-hydrogen) atoms. The highest BCUT2D eigenvalue weighted by atomic mass is 79.9. The highest BCUT2D eigenvalue weighted by Crippen LogP contribution is 2.24. The van der Waals surface area contributed by atoms with Crippen LogP contribution in [0.25, 0.3) is 0 Å². The molecule has 0 atom stereocenters. The van der Waals surface area contributed by atoms with E-state index >= 15 is 0 Å². The fraction of sp³-hybridized carbons (Fsp3) is 0.238. The van der Waals surface area contributed by atoms with Gasteiger partial charge in [0.2, 0.25) is 5.91 Å². The number of rotatable bonds is 7. The second kappa shape index (κ2) is 11.1. The second-order valence-corrected chi connectivity index (χ2v) is 7.29. The van der Waals surface area contributed by atoms with E-state index in [0.717, 1.165) is 15.6 Å². The van der Waals surface area contributed by atoms with Gasteiger partial charge in [-0.1, -0.05) is 34.1 Å². The molecule has 0 fully saturated rings. The van der Waals surface area contributed by atoms with Gasteiger partial charge in [-0.2, -0.15) is 0 Å². The smallest absolute Gasteiger partial charge is 0.306 e. The fourth-order valence-corrected chi connectivity index (χ4v) is 2.73. The van der Waals surface area contributed by atoms with Crippen LogP contribution in [-0.4, -0.2) is 30.3 Å². The first-order chi connectivity index (χ1) is 14.3. The first-order valence-electron chi connectivity index (χ1n) is 9.12. The van der Waals surface area contributed by atoms with Crippen molar-refractivity contribution in [3.8, 4) is 0 Å². The number of carbonyl (C=O) groups is 4. The summed E-state index contributed by atoms with van der Waals surface area (Å²) in [5, 5.41) is 2.66. The van der Waals surface area contributed by atoms with E-state index in [0.29, 0.717) is 11.3 Å².